The van der Waals surface area contributed by atoms with Gasteiger partial charge in [0.1, 0.15) is 0 Å². The lowest BCUT2D eigenvalue weighted by Crippen LogP contribution is -2.38. The average Bonchev–Trinajstić information content (AvgIpc) is 2.88. The fraction of sp³-hybridized carbons (Fsp3) is 0.545. The summed E-state index contributed by atoms with van der Waals surface area (Å²) < 4.78 is 14.5. The Kier molecular flexibility index (Phi) is 5.44. The van der Waals surface area contributed by atoms with Gasteiger partial charge >= 0.3 is 0 Å². The summed E-state index contributed by atoms with van der Waals surface area (Å²) in [6, 6.07) is 0. The Hall–Kier alpha value is -1.30. The van der Waals surface area contributed by atoms with Crippen LogP contribution in [0.2, 0.25) is 0 Å². The Morgan fingerprint density at radius 2 is 2.37 bits per heavy atom. The number of ether oxygens (including phenoxy) is 2. The quantitative estimate of drug-likeness (QED) is 0.622. The zero-order valence-electron chi connectivity index (χ0n) is 10.4. The lowest BCUT2D eigenvalue weighted by Gasteiger charge is -2.25. The number of carbonyl (C=O) groups is 1. The Bertz CT molecular complexity index is 489. The van der Waals surface area contributed by atoms with E-state index in [9.17, 15) is 4.79 Å². The van der Waals surface area contributed by atoms with Gasteiger partial charge in [-0.3, -0.25) is 4.79 Å². The van der Waals surface area contributed by atoms with Crippen LogP contribution >= 0.6 is 23.3 Å². The number of thioether (sulfide) groups is 1. The first-order chi connectivity index (χ1) is 9.29. The molecule has 1 fully saturated rings. The van der Waals surface area contributed by atoms with Gasteiger partial charge < -0.3 is 14.4 Å². The molecule has 0 N–H and O–H groups in total. The lowest BCUT2D eigenvalue weighted by atomic mass is 10.5. The molecule has 0 bridgehead atoms. The third-order valence-corrected chi connectivity index (χ3v) is 3.82. The van der Waals surface area contributed by atoms with Gasteiger partial charge in [-0.15, -0.1) is 5.92 Å². The van der Waals surface area contributed by atoms with E-state index in [1.165, 1.54) is 0 Å². The molecular weight excluding hydrogens is 286 g/mol. The summed E-state index contributed by atoms with van der Waals surface area (Å²) in [6.45, 7) is 4.43. The number of aromatic nitrogens is 2. The minimum Gasteiger partial charge on any atom is -0.456 e. The van der Waals surface area contributed by atoms with E-state index in [4.69, 9.17) is 9.47 Å². The zero-order chi connectivity index (χ0) is 13.5. The first-order valence-electron chi connectivity index (χ1n) is 5.70. The second kappa shape index (κ2) is 7.33. The van der Waals surface area contributed by atoms with Crippen LogP contribution in [0.3, 0.4) is 0 Å². The van der Waals surface area contributed by atoms with Crippen molar-refractivity contribution in [3.8, 4) is 17.0 Å². The van der Waals surface area contributed by atoms with E-state index in [-0.39, 0.29) is 11.8 Å². The molecule has 6 nitrogen and oxygen atoms in total. The highest BCUT2D eigenvalue weighted by atomic mass is 32.2. The fourth-order valence-electron chi connectivity index (χ4n) is 1.36. The van der Waals surface area contributed by atoms with Crippen molar-refractivity contribution in [3.05, 3.63) is 0 Å². The number of morpholine rings is 1. The number of rotatable bonds is 3. The largest absolute Gasteiger partial charge is 0.456 e. The highest BCUT2D eigenvalue weighted by Crippen LogP contribution is 2.24. The summed E-state index contributed by atoms with van der Waals surface area (Å²) in [7, 11) is 0. The summed E-state index contributed by atoms with van der Waals surface area (Å²) in [5, 5.41) is 0.793. The number of carbonyl (C=O) groups excluding carboxylic acids is 1. The van der Waals surface area contributed by atoms with Gasteiger partial charge in [0.05, 0.1) is 13.2 Å². The monoisotopic (exact) mass is 299 g/mol. The van der Waals surface area contributed by atoms with E-state index >= 15 is 0 Å². The molecule has 1 saturated heterocycles. The van der Waals surface area contributed by atoms with Crippen molar-refractivity contribution < 1.29 is 14.3 Å². The number of amides is 1. The smallest absolute Gasteiger partial charge is 0.294 e. The van der Waals surface area contributed by atoms with Gasteiger partial charge in [-0.25, -0.2) is 0 Å². The Morgan fingerprint density at radius 3 is 3.11 bits per heavy atom. The maximum absolute atomic E-state index is 11.9. The molecule has 1 amide bonds. The van der Waals surface area contributed by atoms with Crippen LogP contribution in [0.1, 0.15) is 6.92 Å². The molecule has 1 aromatic heterocycles. The van der Waals surface area contributed by atoms with Crippen molar-refractivity contribution in [1.82, 2.24) is 14.3 Å². The molecule has 8 heteroatoms. The average molecular weight is 299 g/mol. The summed E-state index contributed by atoms with van der Waals surface area (Å²) in [4.78, 5) is 17.8. The Labute approximate surface area is 119 Å². The predicted molar refractivity (Wildman–Crippen MR) is 72.5 cm³/mol. The van der Waals surface area contributed by atoms with Crippen LogP contribution in [0.15, 0.2) is 5.16 Å². The normalized spacial score (nSPS) is 14.7. The molecular formula is C11H13N3O3S2. The van der Waals surface area contributed by atoms with Crippen LogP contribution in [0.5, 0.6) is 5.19 Å². The fourth-order valence-corrected chi connectivity index (χ4v) is 2.71. The maximum atomic E-state index is 11.9. The van der Waals surface area contributed by atoms with E-state index in [0.717, 1.165) is 23.3 Å². The molecule has 2 rings (SSSR count). The molecule has 0 unspecified atom stereocenters. The van der Waals surface area contributed by atoms with E-state index < -0.39 is 0 Å². The van der Waals surface area contributed by atoms with Gasteiger partial charge in [0.15, 0.2) is 6.61 Å². The molecule has 0 spiro atoms. The first kappa shape index (κ1) is 14.1. The van der Waals surface area contributed by atoms with Crippen LogP contribution in [0.4, 0.5) is 4.79 Å². The van der Waals surface area contributed by atoms with Gasteiger partial charge in [0, 0.05) is 36.4 Å². The molecule has 0 aliphatic carbocycles. The molecule has 102 valence electrons. The first-order valence-corrected chi connectivity index (χ1v) is 7.29. The SMILES string of the molecule is CC#CCOc1nc(SC(=O)N2CCOCC2)ns1. The molecule has 1 aliphatic rings. The second-order valence-electron chi connectivity index (χ2n) is 3.53. The summed E-state index contributed by atoms with van der Waals surface area (Å²) in [5.74, 6) is 5.49. The lowest BCUT2D eigenvalue weighted by molar-refractivity contribution is 0.0593. The summed E-state index contributed by atoms with van der Waals surface area (Å²) >= 11 is 2.14. The van der Waals surface area contributed by atoms with Crippen molar-refractivity contribution in [2.45, 2.75) is 12.1 Å². The second-order valence-corrected chi connectivity index (χ2v) is 5.16. The van der Waals surface area contributed by atoms with Crippen LogP contribution in [-0.2, 0) is 4.74 Å². The third kappa shape index (κ3) is 4.38. The van der Waals surface area contributed by atoms with E-state index in [1.54, 1.807) is 11.8 Å². The Morgan fingerprint density at radius 1 is 1.58 bits per heavy atom. The molecule has 1 aliphatic heterocycles. The van der Waals surface area contributed by atoms with Gasteiger partial charge in [0.2, 0.25) is 5.16 Å². The van der Waals surface area contributed by atoms with Crippen LogP contribution in [-0.4, -0.2) is 52.4 Å². The van der Waals surface area contributed by atoms with Crippen LogP contribution in [0, 0.1) is 11.8 Å². The van der Waals surface area contributed by atoms with Crippen molar-refractivity contribution in [1.29, 1.82) is 0 Å². The van der Waals surface area contributed by atoms with E-state index in [1.807, 2.05) is 0 Å². The molecule has 19 heavy (non-hydrogen) atoms. The minimum absolute atomic E-state index is 0.0546. The zero-order valence-corrected chi connectivity index (χ0v) is 12.1. The topological polar surface area (TPSA) is 64.5 Å². The third-order valence-electron chi connectivity index (χ3n) is 2.28. The van der Waals surface area contributed by atoms with Gasteiger partial charge in [-0.2, -0.15) is 9.36 Å². The van der Waals surface area contributed by atoms with Crippen molar-refractivity contribution in [2.75, 3.05) is 32.9 Å². The summed E-state index contributed by atoms with van der Waals surface area (Å²) in [6.07, 6.45) is 0. The molecule has 1 aromatic rings. The highest BCUT2D eigenvalue weighted by molar-refractivity contribution is 8.13. The molecule has 2 heterocycles. The number of hydrogen-bond acceptors (Lipinski definition) is 7. The highest BCUT2D eigenvalue weighted by Gasteiger charge is 2.20. The van der Waals surface area contributed by atoms with Gasteiger partial charge in [-0.1, -0.05) is 5.92 Å². The van der Waals surface area contributed by atoms with Crippen LogP contribution < -0.4 is 4.74 Å². The van der Waals surface area contributed by atoms with E-state index in [2.05, 4.69) is 21.2 Å². The minimum atomic E-state index is -0.0546. The molecule has 0 saturated carbocycles. The van der Waals surface area contributed by atoms with Gasteiger partial charge in [0.25, 0.3) is 10.4 Å². The number of hydrogen-bond donors (Lipinski definition) is 0. The predicted octanol–water partition coefficient (Wildman–Crippen LogP) is 1.48. The maximum Gasteiger partial charge on any atom is 0.294 e. The molecule has 0 atom stereocenters. The van der Waals surface area contributed by atoms with Crippen molar-refractivity contribution in [3.63, 3.8) is 0 Å². The standard InChI is InChI=1S/C11H13N3O3S2/c1-2-3-6-17-10-12-9(13-19-10)18-11(15)14-4-7-16-8-5-14/h4-8H2,1H3. The Balaban J connectivity index is 1.84. The van der Waals surface area contributed by atoms with Gasteiger partial charge in [-0.05, 0) is 6.92 Å². The summed E-state index contributed by atoms with van der Waals surface area (Å²) in [5.41, 5.74) is 0. The van der Waals surface area contributed by atoms with Crippen LogP contribution in [0.25, 0.3) is 0 Å². The van der Waals surface area contributed by atoms with Crippen molar-refractivity contribution >= 4 is 28.5 Å². The van der Waals surface area contributed by atoms with Crippen molar-refractivity contribution in [2.24, 2.45) is 0 Å². The molecule has 0 radical (unpaired) electrons. The number of nitrogens with zero attached hydrogens (tertiary/aromatic N) is 3. The molecule has 0 aromatic carbocycles. The van der Waals surface area contributed by atoms with E-state index in [0.29, 0.717) is 36.7 Å².